The van der Waals surface area contributed by atoms with Gasteiger partial charge in [-0.15, -0.1) is 0 Å². The standard InChI is InChI=1S/C26H37NO3/c1-18-8-4-6-10-20(18)16-22(28)12-13-23-24-15-19(14-21(24)17-25(23)29)9-5-7-11-26(30)27(2)3/h4,6,8,10,12-14,21-25,28-29H,5,7,9,11,15-17H2,1-3H3/b13-12+/t21-,22+,23+,24-,25+/m0/s1. The number of benzene rings is 1. The summed E-state index contributed by atoms with van der Waals surface area (Å²) in [6.07, 6.45) is 11.6. The number of allylic oxidation sites excluding steroid dienone is 2. The predicted octanol–water partition coefficient (Wildman–Crippen LogP) is 4.05. The van der Waals surface area contributed by atoms with Crippen LogP contribution in [0.5, 0.6) is 0 Å². The second-order valence-electron chi connectivity index (χ2n) is 9.32. The Morgan fingerprint density at radius 2 is 2.03 bits per heavy atom. The number of rotatable bonds is 9. The molecule has 0 unspecified atom stereocenters. The number of carbonyl (C=O) groups is 1. The number of nitrogens with zero attached hydrogens (tertiary/aromatic N) is 1. The highest BCUT2D eigenvalue weighted by Gasteiger charge is 2.43. The van der Waals surface area contributed by atoms with Gasteiger partial charge in [0, 0.05) is 32.9 Å². The van der Waals surface area contributed by atoms with Crippen LogP contribution in [0.3, 0.4) is 0 Å². The topological polar surface area (TPSA) is 60.8 Å². The summed E-state index contributed by atoms with van der Waals surface area (Å²) in [5.74, 6) is 1.21. The number of aliphatic hydroxyl groups excluding tert-OH is 2. The quantitative estimate of drug-likeness (QED) is 0.476. The van der Waals surface area contributed by atoms with E-state index in [0.717, 1.165) is 37.7 Å². The molecule has 0 heterocycles. The molecule has 2 aliphatic carbocycles. The van der Waals surface area contributed by atoms with Crippen molar-refractivity contribution in [2.24, 2.45) is 17.8 Å². The Hall–Kier alpha value is -1.91. The minimum Gasteiger partial charge on any atom is -0.392 e. The SMILES string of the molecule is Cc1ccccc1C[C@H](O)/C=C/[C@@H]1[C@H]2CC(CCCCC(=O)N(C)C)=C[C@H]2C[C@H]1O. The van der Waals surface area contributed by atoms with Crippen LogP contribution in [-0.2, 0) is 11.2 Å². The first-order chi connectivity index (χ1) is 14.3. The number of hydrogen-bond acceptors (Lipinski definition) is 3. The van der Waals surface area contributed by atoms with Gasteiger partial charge < -0.3 is 15.1 Å². The van der Waals surface area contributed by atoms with E-state index < -0.39 is 6.10 Å². The van der Waals surface area contributed by atoms with E-state index in [1.807, 2.05) is 18.2 Å². The number of aryl methyl sites for hydroxylation is 1. The van der Waals surface area contributed by atoms with Crippen molar-refractivity contribution in [2.45, 2.75) is 64.1 Å². The second-order valence-corrected chi connectivity index (χ2v) is 9.32. The number of aliphatic hydroxyl groups is 2. The molecule has 5 atom stereocenters. The van der Waals surface area contributed by atoms with E-state index in [1.165, 1.54) is 11.1 Å². The highest BCUT2D eigenvalue weighted by Crippen LogP contribution is 2.48. The van der Waals surface area contributed by atoms with Crippen LogP contribution in [0.4, 0.5) is 0 Å². The molecule has 164 valence electrons. The van der Waals surface area contributed by atoms with Crippen LogP contribution in [0.15, 0.2) is 48.1 Å². The Labute approximate surface area is 181 Å². The molecule has 1 amide bonds. The zero-order valence-electron chi connectivity index (χ0n) is 18.6. The molecular formula is C26H37NO3. The van der Waals surface area contributed by atoms with Crippen molar-refractivity contribution in [2.75, 3.05) is 14.1 Å². The molecule has 4 nitrogen and oxygen atoms in total. The Kier molecular flexibility index (Phi) is 7.90. The number of amides is 1. The summed E-state index contributed by atoms with van der Waals surface area (Å²) in [5, 5.41) is 21.0. The second kappa shape index (κ2) is 10.4. The molecule has 0 bridgehead atoms. The van der Waals surface area contributed by atoms with Gasteiger partial charge in [0.15, 0.2) is 0 Å². The molecule has 0 radical (unpaired) electrons. The summed E-state index contributed by atoms with van der Waals surface area (Å²) in [6.45, 7) is 2.07. The largest absolute Gasteiger partial charge is 0.392 e. The maximum Gasteiger partial charge on any atom is 0.222 e. The minimum absolute atomic E-state index is 0.116. The number of hydrogen-bond donors (Lipinski definition) is 2. The molecule has 1 aromatic carbocycles. The summed E-state index contributed by atoms with van der Waals surface area (Å²) < 4.78 is 0. The fourth-order valence-corrected chi connectivity index (χ4v) is 5.03. The van der Waals surface area contributed by atoms with Crippen molar-refractivity contribution in [3.63, 3.8) is 0 Å². The third-order valence-electron chi connectivity index (χ3n) is 6.83. The van der Waals surface area contributed by atoms with E-state index in [-0.39, 0.29) is 17.9 Å². The molecule has 0 aliphatic heterocycles. The predicted molar refractivity (Wildman–Crippen MR) is 121 cm³/mol. The van der Waals surface area contributed by atoms with Gasteiger partial charge in [-0.25, -0.2) is 0 Å². The molecule has 2 aliphatic rings. The molecule has 0 aromatic heterocycles. The molecule has 1 saturated carbocycles. The van der Waals surface area contributed by atoms with Gasteiger partial charge in [0.25, 0.3) is 0 Å². The highest BCUT2D eigenvalue weighted by molar-refractivity contribution is 5.75. The van der Waals surface area contributed by atoms with Crippen LogP contribution >= 0.6 is 0 Å². The molecule has 0 spiro atoms. The first-order valence-electron chi connectivity index (χ1n) is 11.3. The Morgan fingerprint density at radius 3 is 2.77 bits per heavy atom. The van der Waals surface area contributed by atoms with E-state index >= 15 is 0 Å². The van der Waals surface area contributed by atoms with Gasteiger partial charge >= 0.3 is 0 Å². The van der Waals surface area contributed by atoms with Gasteiger partial charge in [-0.1, -0.05) is 48.1 Å². The van der Waals surface area contributed by atoms with Crippen LogP contribution in [0, 0.1) is 24.7 Å². The lowest BCUT2D eigenvalue weighted by atomic mass is 9.88. The maximum absolute atomic E-state index is 11.7. The average molecular weight is 412 g/mol. The van der Waals surface area contributed by atoms with Crippen molar-refractivity contribution in [3.05, 3.63) is 59.2 Å². The molecule has 3 rings (SSSR count). The number of fused-ring (bicyclic) bond motifs is 1. The lowest BCUT2D eigenvalue weighted by Crippen LogP contribution is -2.21. The minimum atomic E-state index is -0.527. The molecule has 1 fully saturated rings. The first kappa shape index (κ1) is 22.8. The lowest BCUT2D eigenvalue weighted by molar-refractivity contribution is -0.128. The summed E-state index contributed by atoms with van der Waals surface area (Å²) in [4.78, 5) is 13.4. The molecule has 2 N–H and O–H groups in total. The van der Waals surface area contributed by atoms with Crippen LogP contribution in [0.1, 0.15) is 49.7 Å². The maximum atomic E-state index is 11.7. The molecule has 1 aromatic rings. The van der Waals surface area contributed by atoms with E-state index in [2.05, 4.69) is 31.2 Å². The molecule has 4 heteroatoms. The van der Waals surface area contributed by atoms with Gasteiger partial charge in [0.05, 0.1) is 12.2 Å². The van der Waals surface area contributed by atoms with Crippen LogP contribution in [0.25, 0.3) is 0 Å². The van der Waals surface area contributed by atoms with Crippen molar-refractivity contribution >= 4 is 5.91 Å². The Bertz CT molecular complexity index is 782. The summed E-state index contributed by atoms with van der Waals surface area (Å²) >= 11 is 0. The van der Waals surface area contributed by atoms with Gasteiger partial charge in [0.2, 0.25) is 5.91 Å². The van der Waals surface area contributed by atoms with Crippen molar-refractivity contribution in [3.8, 4) is 0 Å². The van der Waals surface area contributed by atoms with Crippen LogP contribution in [0.2, 0.25) is 0 Å². The number of unbranched alkanes of at least 4 members (excludes halogenated alkanes) is 1. The number of carbonyl (C=O) groups excluding carboxylic acids is 1. The van der Waals surface area contributed by atoms with Crippen LogP contribution < -0.4 is 0 Å². The first-order valence-corrected chi connectivity index (χ1v) is 11.3. The van der Waals surface area contributed by atoms with E-state index in [4.69, 9.17) is 0 Å². The van der Waals surface area contributed by atoms with Gasteiger partial charge in [-0.3, -0.25) is 4.79 Å². The average Bonchev–Trinajstić information content (AvgIpc) is 3.21. The normalized spacial score (nSPS) is 26.6. The van der Waals surface area contributed by atoms with Crippen molar-refractivity contribution in [1.82, 2.24) is 4.90 Å². The smallest absolute Gasteiger partial charge is 0.222 e. The highest BCUT2D eigenvalue weighted by atomic mass is 16.3. The monoisotopic (exact) mass is 411 g/mol. The third-order valence-corrected chi connectivity index (χ3v) is 6.83. The zero-order valence-corrected chi connectivity index (χ0v) is 18.6. The van der Waals surface area contributed by atoms with Gasteiger partial charge in [-0.05, 0) is 62.0 Å². The van der Waals surface area contributed by atoms with E-state index in [1.54, 1.807) is 19.0 Å². The summed E-state index contributed by atoms with van der Waals surface area (Å²) in [7, 11) is 3.61. The summed E-state index contributed by atoms with van der Waals surface area (Å²) in [5.41, 5.74) is 3.84. The Balaban J connectivity index is 1.48. The van der Waals surface area contributed by atoms with Gasteiger partial charge in [0.1, 0.15) is 0 Å². The van der Waals surface area contributed by atoms with Gasteiger partial charge in [-0.2, -0.15) is 0 Å². The zero-order chi connectivity index (χ0) is 21.7. The fraction of sp³-hybridized carbons (Fsp3) is 0.577. The van der Waals surface area contributed by atoms with E-state index in [0.29, 0.717) is 24.7 Å². The summed E-state index contributed by atoms with van der Waals surface area (Å²) in [6, 6.07) is 8.15. The molecular weight excluding hydrogens is 374 g/mol. The molecule has 30 heavy (non-hydrogen) atoms. The van der Waals surface area contributed by atoms with E-state index in [9.17, 15) is 15.0 Å². The Morgan fingerprint density at radius 1 is 1.27 bits per heavy atom. The fourth-order valence-electron chi connectivity index (χ4n) is 5.03. The van der Waals surface area contributed by atoms with Crippen molar-refractivity contribution < 1.29 is 15.0 Å². The lowest BCUT2D eigenvalue weighted by Gasteiger charge is -2.19. The third kappa shape index (κ3) is 5.83. The van der Waals surface area contributed by atoms with Crippen molar-refractivity contribution in [1.29, 1.82) is 0 Å². The molecule has 0 saturated heterocycles. The van der Waals surface area contributed by atoms with Crippen LogP contribution in [-0.4, -0.2) is 47.3 Å².